The summed E-state index contributed by atoms with van der Waals surface area (Å²) in [6, 6.07) is 0. The number of hydrogen-bond donors (Lipinski definition) is 1. The molecule has 0 aromatic carbocycles. The van der Waals surface area contributed by atoms with Gasteiger partial charge in [0.1, 0.15) is 10.1 Å². The van der Waals surface area contributed by atoms with Gasteiger partial charge in [-0.25, -0.2) is 0 Å². The van der Waals surface area contributed by atoms with E-state index in [4.69, 9.17) is 5.11 Å². The second-order valence-electron chi connectivity index (χ2n) is 2.99. The molecule has 0 saturated carbocycles. The predicted octanol–water partition coefficient (Wildman–Crippen LogP) is 0.238. The first-order chi connectivity index (χ1) is 7.49. The number of rotatable bonds is 4. The summed E-state index contributed by atoms with van der Waals surface area (Å²) in [5.74, 6) is -0.900. The van der Waals surface area contributed by atoms with Crippen LogP contribution in [0.3, 0.4) is 0 Å². The standard InChI is InChI=1S/C8H10O5S3/c1-2-3-15(11)5-4-14-6(8(9)10)7(5)16(12)13/h4,6H,2-3H2,1H3,(H,9,10). The average molecular weight is 282 g/mol. The molecule has 1 aliphatic rings. The van der Waals surface area contributed by atoms with E-state index in [-0.39, 0.29) is 9.77 Å². The number of allylic oxidation sites excluding steroid dienone is 1. The molecule has 0 aromatic rings. The number of thioether (sulfide) groups is 1. The average Bonchev–Trinajstić information content (AvgIpc) is 2.61. The molecule has 1 heterocycles. The zero-order valence-electron chi connectivity index (χ0n) is 8.37. The van der Waals surface area contributed by atoms with E-state index < -0.39 is 32.3 Å². The van der Waals surface area contributed by atoms with Gasteiger partial charge in [-0.2, -0.15) is 8.42 Å². The van der Waals surface area contributed by atoms with Gasteiger partial charge in [-0.3, -0.25) is 9.00 Å². The third-order valence-corrected chi connectivity index (χ3v) is 5.76. The molecule has 8 heteroatoms. The summed E-state index contributed by atoms with van der Waals surface area (Å²) in [6.07, 6.45) is 0.644. The highest BCUT2D eigenvalue weighted by Crippen LogP contribution is 2.30. The summed E-state index contributed by atoms with van der Waals surface area (Å²) in [6.45, 7) is 1.82. The fourth-order valence-corrected chi connectivity index (χ4v) is 5.00. The van der Waals surface area contributed by atoms with Gasteiger partial charge in [-0.1, -0.05) is 6.92 Å². The van der Waals surface area contributed by atoms with E-state index in [0.717, 1.165) is 11.8 Å². The highest BCUT2D eigenvalue weighted by Gasteiger charge is 2.35. The molecule has 90 valence electrons. The molecular formula is C8H10O5S3. The fourth-order valence-electron chi connectivity index (χ4n) is 1.18. The van der Waals surface area contributed by atoms with Crippen LogP contribution in [-0.2, 0) is 25.9 Å². The molecule has 0 saturated heterocycles. The van der Waals surface area contributed by atoms with Crippen LogP contribution >= 0.6 is 11.8 Å². The summed E-state index contributed by atoms with van der Waals surface area (Å²) >= 11 is 0.864. The minimum atomic E-state index is -2.64. The maximum atomic E-state index is 11.7. The minimum absolute atomic E-state index is 0.132. The third-order valence-electron chi connectivity index (χ3n) is 1.83. The molecule has 1 aliphatic heterocycles. The smallest absolute Gasteiger partial charge is 0.322 e. The summed E-state index contributed by atoms with van der Waals surface area (Å²) in [5, 5.41) is 9.03. The van der Waals surface area contributed by atoms with Crippen LogP contribution < -0.4 is 0 Å². The van der Waals surface area contributed by atoms with Crippen molar-refractivity contribution in [1.29, 1.82) is 0 Å². The summed E-state index contributed by atoms with van der Waals surface area (Å²) in [7, 11) is -4.08. The summed E-state index contributed by atoms with van der Waals surface area (Å²) < 4.78 is 33.6. The van der Waals surface area contributed by atoms with Gasteiger partial charge >= 0.3 is 5.97 Å². The monoisotopic (exact) mass is 282 g/mol. The van der Waals surface area contributed by atoms with Gasteiger partial charge in [0, 0.05) is 5.75 Å². The van der Waals surface area contributed by atoms with Crippen molar-refractivity contribution in [2.75, 3.05) is 5.75 Å². The van der Waals surface area contributed by atoms with Gasteiger partial charge in [0.2, 0.25) is 10.3 Å². The molecule has 1 N–H and O–H groups in total. The molecule has 0 amide bonds. The van der Waals surface area contributed by atoms with Gasteiger partial charge in [-0.05, 0) is 11.8 Å². The van der Waals surface area contributed by atoms with E-state index in [9.17, 15) is 17.4 Å². The summed E-state index contributed by atoms with van der Waals surface area (Å²) in [4.78, 5) is 10.7. The molecule has 0 radical (unpaired) electrons. The Morgan fingerprint density at radius 1 is 1.50 bits per heavy atom. The van der Waals surface area contributed by atoms with Crippen LogP contribution in [0.1, 0.15) is 13.3 Å². The van der Waals surface area contributed by atoms with Crippen LogP contribution in [0.15, 0.2) is 10.3 Å². The Kier molecular flexibility index (Phi) is 4.75. The number of carbonyl (C=O) groups is 1. The Labute approximate surface area is 101 Å². The lowest BCUT2D eigenvalue weighted by Crippen LogP contribution is -2.26. The maximum absolute atomic E-state index is 11.7. The van der Waals surface area contributed by atoms with E-state index in [0.29, 0.717) is 12.2 Å². The van der Waals surface area contributed by atoms with Crippen LogP contribution in [0.25, 0.3) is 0 Å². The largest absolute Gasteiger partial charge is 0.480 e. The zero-order chi connectivity index (χ0) is 12.3. The van der Waals surface area contributed by atoms with Crippen LogP contribution in [-0.4, -0.2) is 39.6 Å². The Bertz CT molecular complexity index is 480. The fraction of sp³-hybridized carbons (Fsp3) is 0.500. The van der Waals surface area contributed by atoms with Gasteiger partial charge in [0.25, 0.3) is 0 Å². The van der Waals surface area contributed by atoms with Crippen molar-refractivity contribution < 1.29 is 22.5 Å². The number of carboxylic acid groups (broad SMARTS) is 1. The van der Waals surface area contributed by atoms with Crippen LogP contribution in [0.4, 0.5) is 0 Å². The molecular weight excluding hydrogens is 272 g/mol. The Balaban J connectivity index is 3.12. The van der Waals surface area contributed by atoms with Gasteiger partial charge < -0.3 is 5.11 Å². The first-order valence-corrected chi connectivity index (χ1v) is 7.76. The molecule has 0 spiro atoms. The topological polar surface area (TPSA) is 88.5 Å². The van der Waals surface area contributed by atoms with E-state index in [2.05, 4.69) is 0 Å². The van der Waals surface area contributed by atoms with Crippen molar-refractivity contribution in [2.24, 2.45) is 0 Å². The Morgan fingerprint density at radius 3 is 2.56 bits per heavy atom. The lowest BCUT2D eigenvalue weighted by atomic mass is 10.3. The normalized spacial score (nSPS) is 21.7. The first-order valence-electron chi connectivity index (χ1n) is 4.42. The predicted molar refractivity (Wildman–Crippen MR) is 64.3 cm³/mol. The number of aliphatic carboxylic acids is 1. The molecule has 16 heavy (non-hydrogen) atoms. The lowest BCUT2D eigenvalue weighted by Gasteiger charge is -2.04. The highest BCUT2D eigenvalue weighted by atomic mass is 32.2. The van der Waals surface area contributed by atoms with E-state index in [1.807, 2.05) is 6.92 Å². The van der Waals surface area contributed by atoms with E-state index >= 15 is 0 Å². The molecule has 2 atom stereocenters. The quantitative estimate of drug-likeness (QED) is 0.743. The number of carboxylic acids is 1. The molecule has 0 aromatic heterocycles. The lowest BCUT2D eigenvalue weighted by molar-refractivity contribution is -0.135. The molecule has 0 bridgehead atoms. The Morgan fingerprint density at radius 2 is 2.12 bits per heavy atom. The highest BCUT2D eigenvalue weighted by molar-refractivity contribution is 8.07. The van der Waals surface area contributed by atoms with Crippen molar-refractivity contribution in [3.8, 4) is 0 Å². The Hall–Kier alpha value is -0.600. The van der Waals surface area contributed by atoms with E-state index in [1.54, 1.807) is 0 Å². The van der Waals surface area contributed by atoms with Crippen molar-refractivity contribution in [1.82, 2.24) is 0 Å². The molecule has 2 unspecified atom stereocenters. The van der Waals surface area contributed by atoms with Crippen molar-refractivity contribution in [3.05, 3.63) is 10.3 Å². The van der Waals surface area contributed by atoms with E-state index in [1.165, 1.54) is 5.41 Å². The van der Waals surface area contributed by atoms with Gasteiger partial charge in [0.15, 0.2) is 0 Å². The second-order valence-corrected chi connectivity index (χ2v) is 6.41. The van der Waals surface area contributed by atoms with Crippen molar-refractivity contribution in [2.45, 2.75) is 18.6 Å². The van der Waals surface area contributed by atoms with Crippen LogP contribution in [0.2, 0.25) is 0 Å². The van der Waals surface area contributed by atoms with Crippen molar-refractivity contribution >= 4 is 43.7 Å². The minimum Gasteiger partial charge on any atom is -0.480 e. The molecule has 0 aliphatic carbocycles. The molecule has 5 nitrogen and oxygen atoms in total. The SMILES string of the molecule is CCCS(=O)C1=CSC(C(=O)O)C1=S(=O)=O. The molecule has 1 rings (SSSR count). The molecule has 0 fully saturated rings. The van der Waals surface area contributed by atoms with Crippen molar-refractivity contribution in [3.63, 3.8) is 0 Å². The second kappa shape index (κ2) is 5.65. The van der Waals surface area contributed by atoms with Crippen LogP contribution in [0.5, 0.6) is 0 Å². The first kappa shape index (κ1) is 13.5. The van der Waals surface area contributed by atoms with Crippen LogP contribution in [0, 0.1) is 0 Å². The third kappa shape index (κ3) is 2.74. The number of hydrogen-bond acceptors (Lipinski definition) is 5. The maximum Gasteiger partial charge on any atom is 0.322 e. The van der Waals surface area contributed by atoms with Gasteiger partial charge in [-0.15, -0.1) is 11.8 Å². The zero-order valence-corrected chi connectivity index (χ0v) is 10.8. The van der Waals surface area contributed by atoms with Gasteiger partial charge in [0.05, 0.1) is 15.7 Å². The summed E-state index contributed by atoms with van der Waals surface area (Å²) in [5.41, 5.74) is 0.